The molecule has 0 bridgehead atoms. The van der Waals surface area contributed by atoms with Crippen molar-refractivity contribution in [3.8, 4) is 0 Å². The summed E-state index contributed by atoms with van der Waals surface area (Å²) in [5, 5.41) is 13.5. The quantitative estimate of drug-likeness (QED) is 0.699. The highest BCUT2D eigenvalue weighted by molar-refractivity contribution is 4.80. The molecular weight excluding hydrogens is 224 g/mol. The first-order chi connectivity index (χ1) is 8.63. The number of hydrogen-bond acceptors (Lipinski definition) is 3. The average Bonchev–Trinajstić information content (AvgIpc) is 2.34. The maximum Gasteiger partial charge on any atom is 0.0791 e. The van der Waals surface area contributed by atoms with E-state index in [4.69, 9.17) is 0 Å². The fourth-order valence-corrected chi connectivity index (χ4v) is 3.13. The molecule has 1 fully saturated rings. The first kappa shape index (κ1) is 15.9. The molecule has 0 saturated heterocycles. The van der Waals surface area contributed by atoms with Gasteiger partial charge >= 0.3 is 0 Å². The molecule has 1 saturated carbocycles. The Labute approximate surface area is 113 Å². The van der Waals surface area contributed by atoms with Gasteiger partial charge in [0.2, 0.25) is 0 Å². The van der Waals surface area contributed by atoms with Crippen LogP contribution in [0.2, 0.25) is 0 Å². The predicted octanol–water partition coefficient (Wildman–Crippen LogP) is 2.25. The summed E-state index contributed by atoms with van der Waals surface area (Å²) in [6, 6.07) is 0.618. The smallest absolute Gasteiger partial charge is 0.0791 e. The maximum atomic E-state index is 9.93. The largest absolute Gasteiger partial charge is 0.390 e. The molecule has 18 heavy (non-hydrogen) atoms. The van der Waals surface area contributed by atoms with Crippen LogP contribution < -0.4 is 5.32 Å². The third-order valence-corrected chi connectivity index (χ3v) is 4.01. The minimum Gasteiger partial charge on any atom is -0.390 e. The first-order valence-electron chi connectivity index (χ1n) is 7.69. The second kappa shape index (κ2) is 8.89. The van der Waals surface area contributed by atoms with E-state index in [0.717, 1.165) is 19.0 Å². The number of nitrogens with zero attached hydrogens (tertiary/aromatic N) is 1. The first-order valence-corrected chi connectivity index (χ1v) is 7.69. The highest BCUT2D eigenvalue weighted by atomic mass is 16.3. The van der Waals surface area contributed by atoms with Crippen LogP contribution in [0.25, 0.3) is 0 Å². The Bertz CT molecular complexity index is 203. The summed E-state index contributed by atoms with van der Waals surface area (Å²) in [4.78, 5) is 2.04. The molecule has 3 nitrogen and oxygen atoms in total. The van der Waals surface area contributed by atoms with E-state index >= 15 is 0 Å². The maximum absolute atomic E-state index is 9.93. The van der Waals surface area contributed by atoms with Crippen LogP contribution in [0.5, 0.6) is 0 Å². The molecule has 2 unspecified atom stereocenters. The van der Waals surface area contributed by atoms with Gasteiger partial charge in [-0.2, -0.15) is 0 Å². The Hall–Kier alpha value is -0.120. The van der Waals surface area contributed by atoms with Gasteiger partial charge in [-0.3, -0.25) is 0 Å². The van der Waals surface area contributed by atoms with Crippen molar-refractivity contribution in [2.45, 2.75) is 64.0 Å². The summed E-state index contributed by atoms with van der Waals surface area (Å²) >= 11 is 0. The van der Waals surface area contributed by atoms with E-state index in [1.54, 1.807) is 0 Å². The van der Waals surface area contributed by atoms with E-state index in [1.165, 1.54) is 44.9 Å². The van der Waals surface area contributed by atoms with E-state index in [9.17, 15) is 5.11 Å². The molecule has 0 aromatic carbocycles. The molecule has 1 aliphatic rings. The Morgan fingerprint density at radius 1 is 1.22 bits per heavy atom. The van der Waals surface area contributed by atoms with Crippen molar-refractivity contribution in [3.63, 3.8) is 0 Å². The van der Waals surface area contributed by atoms with E-state index in [1.807, 2.05) is 19.0 Å². The van der Waals surface area contributed by atoms with Gasteiger partial charge in [0.1, 0.15) is 0 Å². The van der Waals surface area contributed by atoms with Crippen LogP contribution in [0.15, 0.2) is 0 Å². The Kier molecular flexibility index (Phi) is 7.87. The molecule has 0 spiro atoms. The van der Waals surface area contributed by atoms with Crippen molar-refractivity contribution in [1.29, 1.82) is 0 Å². The zero-order valence-corrected chi connectivity index (χ0v) is 12.5. The van der Waals surface area contributed by atoms with E-state index < -0.39 is 0 Å². The highest BCUT2D eigenvalue weighted by Gasteiger charge is 2.23. The standard InChI is InChI=1S/C15H32N2O/c1-4-8-15(13-9-6-5-7-10-13)16-11-14(18)12-17(2)3/h13-16,18H,4-12H2,1-3H3. The second-order valence-electron chi connectivity index (χ2n) is 6.12. The van der Waals surface area contributed by atoms with E-state index in [0.29, 0.717) is 6.04 Å². The van der Waals surface area contributed by atoms with Crippen molar-refractivity contribution in [1.82, 2.24) is 10.2 Å². The SMILES string of the molecule is CCCC(NCC(O)CN(C)C)C1CCCCC1. The van der Waals surface area contributed by atoms with Crippen LogP contribution >= 0.6 is 0 Å². The molecular formula is C15H32N2O. The van der Waals surface area contributed by atoms with Gasteiger partial charge in [0, 0.05) is 19.1 Å². The summed E-state index contributed by atoms with van der Waals surface area (Å²) < 4.78 is 0. The highest BCUT2D eigenvalue weighted by Crippen LogP contribution is 2.28. The third-order valence-electron chi connectivity index (χ3n) is 4.01. The lowest BCUT2D eigenvalue weighted by Gasteiger charge is -2.32. The Morgan fingerprint density at radius 3 is 2.44 bits per heavy atom. The summed E-state index contributed by atoms with van der Waals surface area (Å²) in [5.74, 6) is 0.838. The van der Waals surface area contributed by atoms with Gasteiger partial charge < -0.3 is 15.3 Å². The molecule has 108 valence electrons. The molecule has 0 aromatic rings. The van der Waals surface area contributed by atoms with E-state index in [2.05, 4.69) is 12.2 Å². The van der Waals surface area contributed by atoms with Crippen molar-refractivity contribution < 1.29 is 5.11 Å². The van der Waals surface area contributed by atoms with Gasteiger partial charge in [-0.25, -0.2) is 0 Å². The molecule has 3 heteroatoms. The van der Waals surface area contributed by atoms with Gasteiger partial charge in [-0.05, 0) is 39.3 Å². The average molecular weight is 256 g/mol. The summed E-state index contributed by atoms with van der Waals surface area (Å²) in [6.07, 6.45) is 9.20. The number of aliphatic hydroxyl groups is 1. The molecule has 0 heterocycles. The van der Waals surface area contributed by atoms with Crippen LogP contribution in [0.4, 0.5) is 0 Å². The topological polar surface area (TPSA) is 35.5 Å². The third kappa shape index (κ3) is 6.17. The number of rotatable bonds is 8. The number of likely N-dealkylation sites (N-methyl/N-ethyl adjacent to an activating group) is 1. The Balaban J connectivity index is 2.32. The number of hydrogen-bond donors (Lipinski definition) is 2. The molecule has 0 amide bonds. The zero-order valence-electron chi connectivity index (χ0n) is 12.5. The number of aliphatic hydroxyl groups excluding tert-OH is 1. The lowest BCUT2D eigenvalue weighted by Crippen LogP contribution is -2.43. The van der Waals surface area contributed by atoms with Crippen LogP contribution in [-0.4, -0.2) is 49.3 Å². The van der Waals surface area contributed by atoms with Crippen molar-refractivity contribution in [3.05, 3.63) is 0 Å². The summed E-state index contributed by atoms with van der Waals surface area (Å²) in [6.45, 7) is 3.74. The molecule has 2 atom stereocenters. The van der Waals surface area contributed by atoms with Gasteiger partial charge in [-0.15, -0.1) is 0 Å². The lowest BCUT2D eigenvalue weighted by molar-refractivity contribution is 0.123. The predicted molar refractivity (Wildman–Crippen MR) is 77.8 cm³/mol. The Morgan fingerprint density at radius 2 is 1.89 bits per heavy atom. The summed E-state index contributed by atoms with van der Waals surface area (Å²) in [5.41, 5.74) is 0. The van der Waals surface area contributed by atoms with Gasteiger partial charge in [0.25, 0.3) is 0 Å². The van der Waals surface area contributed by atoms with Crippen LogP contribution in [0.3, 0.4) is 0 Å². The normalized spacial score (nSPS) is 21.2. The fourth-order valence-electron chi connectivity index (χ4n) is 3.13. The fraction of sp³-hybridized carbons (Fsp3) is 1.00. The minimum atomic E-state index is -0.247. The van der Waals surface area contributed by atoms with Crippen molar-refractivity contribution >= 4 is 0 Å². The monoisotopic (exact) mass is 256 g/mol. The molecule has 2 N–H and O–H groups in total. The second-order valence-corrected chi connectivity index (χ2v) is 6.12. The summed E-state index contributed by atoms with van der Waals surface area (Å²) in [7, 11) is 4.02. The molecule has 0 aromatic heterocycles. The molecule has 0 aliphatic heterocycles. The zero-order chi connectivity index (χ0) is 13.4. The van der Waals surface area contributed by atoms with Crippen LogP contribution in [0.1, 0.15) is 51.9 Å². The van der Waals surface area contributed by atoms with E-state index in [-0.39, 0.29) is 6.10 Å². The van der Waals surface area contributed by atoms with Crippen LogP contribution in [0, 0.1) is 5.92 Å². The van der Waals surface area contributed by atoms with Crippen molar-refractivity contribution in [2.75, 3.05) is 27.2 Å². The van der Waals surface area contributed by atoms with Gasteiger partial charge in [0.15, 0.2) is 0 Å². The molecule has 0 radical (unpaired) electrons. The minimum absolute atomic E-state index is 0.247. The van der Waals surface area contributed by atoms with Crippen LogP contribution in [-0.2, 0) is 0 Å². The number of nitrogens with one attached hydrogen (secondary N) is 1. The molecule has 1 aliphatic carbocycles. The lowest BCUT2D eigenvalue weighted by atomic mass is 9.82. The van der Waals surface area contributed by atoms with Gasteiger partial charge in [-0.1, -0.05) is 32.6 Å². The molecule has 1 rings (SSSR count). The van der Waals surface area contributed by atoms with Crippen molar-refractivity contribution in [2.24, 2.45) is 5.92 Å². The van der Waals surface area contributed by atoms with Gasteiger partial charge in [0.05, 0.1) is 6.10 Å².